The molecular weight excluding hydrogens is 432 g/mol. The standard InChI is InChI=1S/C23H23ClN4O4/c1-2-25-11-13-26(14-12-25)21-20(17-5-9-19(10-6-17)28(31)32)22(29)27(23(21)30)15-16-3-7-18(24)8-4-16/h3-10H,2,11-15H2,1H3. The first-order valence-corrected chi connectivity index (χ1v) is 10.8. The molecule has 1 saturated heterocycles. The first-order valence-electron chi connectivity index (χ1n) is 10.5. The zero-order valence-electron chi connectivity index (χ0n) is 17.7. The largest absolute Gasteiger partial charge is 0.364 e. The first-order chi connectivity index (χ1) is 15.4. The van der Waals surface area contributed by atoms with Crippen molar-refractivity contribution in [2.24, 2.45) is 0 Å². The normalized spacial score (nSPS) is 17.4. The van der Waals surface area contributed by atoms with E-state index in [9.17, 15) is 19.7 Å². The average Bonchev–Trinajstić information content (AvgIpc) is 3.05. The van der Waals surface area contributed by atoms with Gasteiger partial charge in [-0.25, -0.2) is 0 Å². The van der Waals surface area contributed by atoms with Crippen LogP contribution in [0, 0.1) is 10.1 Å². The van der Waals surface area contributed by atoms with Gasteiger partial charge in [-0.05, 0) is 41.9 Å². The van der Waals surface area contributed by atoms with Gasteiger partial charge in [0.2, 0.25) is 0 Å². The lowest BCUT2D eigenvalue weighted by Crippen LogP contribution is -2.47. The number of rotatable bonds is 6. The second-order valence-corrected chi connectivity index (χ2v) is 8.21. The molecule has 2 aromatic carbocycles. The van der Waals surface area contributed by atoms with E-state index in [1.54, 1.807) is 24.3 Å². The number of nitro groups is 1. The van der Waals surface area contributed by atoms with Gasteiger partial charge in [-0.3, -0.25) is 24.6 Å². The van der Waals surface area contributed by atoms with Crippen molar-refractivity contribution in [3.05, 3.63) is 80.5 Å². The second-order valence-electron chi connectivity index (χ2n) is 7.77. The maximum Gasteiger partial charge on any atom is 0.278 e. The number of carbonyl (C=O) groups is 2. The van der Waals surface area contributed by atoms with Crippen LogP contribution in [0.25, 0.3) is 5.57 Å². The molecule has 0 bridgehead atoms. The molecular formula is C23H23ClN4O4. The van der Waals surface area contributed by atoms with Crippen LogP contribution in [0.3, 0.4) is 0 Å². The molecule has 0 saturated carbocycles. The third-order valence-corrected chi connectivity index (χ3v) is 6.15. The van der Waals surface area contributed by atoms with Gasteiger partial charge < -0.3 is 9.80 Å². The van der Waals surface area contributed by atoms with Gasteiger partial charge in [-0.2, -0.15) is 0 Å². The molecule has 2 aromatic rings. The van der Waals surface area contributed by atoms with E-state index >= 15 is 0 Å². The summed E-state index contributed by atoms with van der Waals surface area (Å²) in [5, 5.41) is 11.6. The summed E-state index contributed by atoms with van der Waals surface area (Å²) >= 11 is 5.96. The van der Waals surface area contributed by atoms with Crippen LogP contribution in [0.2, 0.25) is 5.02 Å². The highest BCUT2D eigenvalue weighted by Gasteiger charge is 2.42. The summed E-state index contributed by atoms with van der Waals surface area (Å²) in [6, 6.07) is 12.8. The van der Waals surface area contributed by atoms with Crippen LogP contribution in [0.5, 0.6) is 0 Å². The van der Waals surface area contributed by atoms with Crippen LogP contribution in [-0.4, -0.2) is 64.2 Å². The Kier molecular flexibility index (Phi) is 6.25. The number of non-ortho nitro benzene ring substituents is 1. The molecule has 0 aromatic heterocycles. The monoisotopic (exact) mass is 454 g/mol. The number of benzene rings is 2. The highest BCUT2D eigenvalue weighted by Crippen LogP contribution is 2.34. The summed E-state index contributed by atoms with van der Waals surface area (Å²) in [6.45, 7) is 6.01. The van der Waals surface area contributed by atoms with Gasteiger partial charge in [0.05, 0.1) is 17.0 Å². The molecule has 0 radical (unpaired) electrons. The van der Waals surface area contributed by atoms with Crippen molar-refractivity contribution in [1.82, 2.24) is 14.7 Å². The summed E-state index contributed by atoms with van der Waals surface area (Å²) in [5.41, 5.74) is 1.89. The van der Waals surface area contributed by atoms with Gasteiger partial charge in [-0.1, -0.05) is 30.7 Å². The zero-order chi connectivity index (χ0) is 22.8. The predicted octanol–water partition coefficient (Wildman–Crippen LogP) is 3.17. The molecule has 2 heterocycles. The molecule has 9 heteroatoms. The topological polar surface area (TPSA) is 87.0 Å². The third kappa shape index (κ3) is 4.24. The number of nitrogens with zero attached hydrogens (tertiary/aromatic N) is 4. The van der Waals surface area contributed by atoms with E-state index in [0.717, 1.165) is 25.2 Å². The number of hydrogen-bond acceptors (Lipinski definition) is 6. The molecule has 2 aliphatic heterocycles. The van der Waals surface area contributed by atoms with E-state index in [0.29, 0.717) is 34.9 Å². The van der Waals surface area contributed by atoms with E-state index < -0.39 is 10.8 Å². The van der Waals surface area contributed by atoms with Gasteiger partial charge in [0.1, 0.15) is 5.70 Å². The molecule has 0 N–H and O–H groups in total. The Morgan fingerprint density at radius 3 is 2.12 bits per heavy atom. The Labute approximate surface area is 190 Å². The Balaban J connectivity index is 1.70. The van der Waals surface area contributed by atoms with Crippen LogP contribution in [0.15, 0.2) is 54.2 Å². The molecule has 0 spiro atoms. The minimum atomic E-state index is -0.489. The maximum absolute atomic E-state index is 13.5. The van der Waals surface area contributed by atoms with Crippen molar-refractivity contribution in [3.63, 3.8) is 0 Å². The number of nitro benzene ring substituents is 1. The van der Waals surface area contributed by atoms with Gasteiger partial charge in [-0.15, -0.1) is 0 Å². The minimum Gasteiger partial charge on any atom is -0.364 e. The van der Waals surface area contributed by atoms with Crippen molar-refractivity contribution < 1.29 is 14.5 Å². The van der Waals surface area contributed by atoms with Crippen LogP contribution in [-0.2, 0) is 16.1 Å². The number of amides is 2. The lowest BCUT2D eigenvalue weighted by molar-refractivity contribution is -0.384. The highest BCUT2D eigenvalue weighted by molar-refractivity contribution is 6.35. The van der Waals surface area contributed by atoms with Crippen LogP contribution < -0.4 is 0 Å². The first kappa shape index (κ1) is 22.0. The Bertz CT molecular complexity index is 1070. The molecule has 0 unspecified atom stereocenters. The van der Waals surface area contributed by atoms with Crippen molar-refractivity contribution >= 4 is 34.7 Å². The second kappa shape index (κ2) is 9.10. The molecule has 2 amide bonds. The summed E-state index contributed by atoms with van der Waals surface area (Å²) in [6.07, 6.45) is 0. The smallest absolute Gasteiger partial charge is 0.278 e. The SMILES string of the molecule is CCN1CCN(C2=C(c3ccc([N+](=O)[O-])cc3)C(=O)N(Cc3ccc(Cl)cc3)C2=O)CC1. The zero-order valence-corrected chi connectivity index (χ0v) is 18.4. The summed E-state index contributed by atoms with van der Waals surface area (Å²) in [5.74, 6) is -0.741. The fourth-order valence-corrected chi connectivity index (χ4v) is 4.20. The average molecular weight is 455 g/mol. The molecule has 0 aliphatic carbocycles. The molecule has 4 rings (SSSR count). The van der Waals surface area contributed by atoms with Gasteiger partial charge in [0.15, 0.2) is 0 Å². The number of imide groups is 1. The van der Waals surface area contributed by atoms with Crippen molar-refractivity contribution in [2.75, 3.05) is 32.7 Å². The number of likely N-dealkylation sites (N-methyl/N-ethyl adjacent to an activating group) is 1. The third-order valence-electron chi connectivity index (χ3n) is 5.90. The molecule has 8 nitrogen and oxygen atoms in total. The van der Waals surface area contributed by atoms with Gasteiger partial charge >= 0.3 is 0 Å². The Hall–Kier alpha value is -3.23. The van der Waals surface area contributed by atoms with Crippen molar-refractivity contribution in [2.45, 2.75) is 13.5 Å². The van der Waals surface area contributed by atoms with Gasteiger partial charge in [0, 0.05) is 43.3 Å². The number of piperazine rings is 1. The van der Waals surface area contributed by atoms with Crippen LogP contribution >= 0.6 is 11.6 Å². The van der Waals surface area contributed by atoms with E-state index in [4.69, 9.17) is 11.6 Å². The maximum atomic E-state index is 13.5. The summed E-state index contributed by atoms with van der Waals surface area (Å²) < 4.78 is 0. The molecule has 1 fully saturated rings. The number of carbonyl (C=O) groups excluding carboxylic acids is 2. The minimum absolute atomic E-state index is 0.0674. The summed E-state index contributed by atoms with van der Waals surface area (Å²) in [4.78, 5) is 42.9. The quantitative estimate of drug-likeness (QED) is 0.378. The van der Waals surface area contributed by atoms with E-state index in [1.165, 1.54) is 29.2 Å². The fourth-order valence-electron chi connectivity index (χ4n) is 4.07. The fraction of sp³-hybridized carbons (Fsp3) is 0.304. The lowest BCUT2D eigenvalue weighted by atomic mass is 10.0. The van der Waals surface area contributed by atoms with Crippen molar-refractivity contribution in [1.29, 1.82) is 0 Å². The molecule has 2 aliphatic rings. The van der Waals surface area contributed by atoms with Gasteiger partial charge in [0.25, 0.3) is 17.5 Å². The lowest BCUT2D eigenvalue weighted by Gasteiger charge is -2.36. The van der Waals surface area contributed by atoms with Crippen molar-refractivity contribution in [3.8, 4) is 0 Å². The van der Waals surface area contributed by atoms with E-state index in [1.807, 2.05) is 4.90 Å². The Morgan fingerprint density at radius 1 is 0.938 bits per heavy atom. The van der Waals surface area contributed by atoms with Crippen LogP contribution in [0.4, 0.5) is 5.69 Å². The highest BCUT2D eigenvalue weighted by atomic mass is 35.5. The number of halogens is 1. The number of hydrogen-bond donors (Lipinski definition) is 0. The predicted molar refractivity (Wildman–Crippen MR) is 121 cm³/mol. The Morgan fingerprint density at radius 2 is 1.56 bits per heavy atom. The van der Waals surface area contributed by atoms with E-state index in [2.05, 4.69) is 11.8 Å². The van der Waals surface area contributed by atoms with E-state index in [-0.39, 0.29) is 18.1 Å². The molecule has 32 heavy (non-hydrogen) atoms. The summed E-state index contributed by atoms with van der Waals surface area (Å²) in [7, 11) is 0. The van der Waals surface area contributed by atoms with Crippen LogP contribution in [0.1, 0.15) is 18.1 Å². The molecule has 166 valence electrons. The molecule has 0 atom stereocenters.